The summed E-state index contributed by atoms with van der Waals surface area (Å²) in [6.07, 6.45) is 0. The van der Waals surface area contributed by atoms with E-state index in [-0.39, 0.29) is 28.1 Å². The van der Waals surface area contributed by atoms with Gasteiger partial charge in [0.15, 0.2) is 0 Å². The number of hydrogen-bond donors (Lipinski definition) is 2. The van der Waals surface area contributed by atoms with E-state index in [0.717, 1.165) is 6.07 Å². The van der Waals surface area contributed by atoms with Crippen LogP contribution in [0.5, 0.6) is 0 Å². The first-order valence-electron chi connectivity index (χ1n) is 8.23. The molecule has 0 saturated heterocycles. The molecule has 7 heteroatoms. The molecule has 28 heavy (non-hydrogen) atoms. The monoisotopic (exact) mass is 377 g/mol. The van der Waals surface area contributed by atoms with Crippen LogP contribution in [-0.2, 0) is 0 Å². The minimum absolute atomic E-state index is 0.0782. The highest BCUT2D eigenvalue weighted by Gasteiger charge is 2.15. The Morgan fingerprint density at radius 3 is 2.21 bits per heavy atom. The van der Waals surface area contributed by atoms with Gasteiger partial charge in [-0.15, -0.1) is 0 Å². The highest BCUT2D eigenvalue weighted by atomic mass is 19.1. The minimum Gasteiger partial charge on any atom is -0.545 e. The first-order chi connectivity index (χ1) is 13.4. The van der Waals surface area contributed by atoms with E-state index in [1.165, 1.54) is 54.6 Å². The molecule has 0 spiro atoms. The van der Waals surface area contributed by atoms with Gasteiger partial charge in [-0.1, -0.05) is 30.3 Å². The van der Waals surface area contributed by atoms with Crippen LogP contribution in [0.1, 0.15) is 31.1 Å². The average molecular weight is 377 g/mol. The van der Waals surface area contributed by atoms with Crippen LogP contribution in [-0.4, -0.2) is 17.8 Å². The van der Waals surface area contributed by atoms with Crippen molar-refractivity contribution < 1.29 is 23.9 Å². The van der Waals surface area contributed by atoms with Crippen molar-refractivity contribution in [2.45, 2.75) is 0 Å². The molecule has 0 atom stereocenters. The van der Waals surface area contributed by atoms with Crippen molar-refractivity contribution in [1.29, 1.82) is 0 Å². The zero-order valence-corrected chi connectivity index (χ0v) is 14.4. The second-order valence-electron chi connectivity index (χ2n) is 5.83. The molecule has 3 rings (SSSR count). The fourth-order valence-corrected chi connectivity index (χ4v) is 2.54. The maximum atomic E-state index is 13.3. The third kappa shape index (κ3) is 4.39. The van der Waals surface area contributed by atoms with Gasteiger partial charge in [0.1, 0.15) is 5.82 Å². The van der Waals surface area contributed by atoms with Crippen LogP contribution in [0.15, 0.2) is 72.8 Å². The number of para-hydroxylation sites is 1. The number of nitrogens with one attached hydrogen (secondary N) is 2. The van der Waals surface area contributed by atoms with Gasteiger partial charge >= 0.3 is 0 Å². The molecule has 0 unspecified atom stereocenters. The van der Waals surface area contributed by atoms with E-state index in [9.17, 15) is 23.9 Å². The fraction of sp³-hybridized carbons (Fsp3) is 0. The molecule has 0 saturated carbocycles. The van der Waals surface area contributed by atoms with Gasteiger partial charge in [-0.3, -0.25) is 9.59 Å². The third-order valence-corrected chi connectivity index (χ3v) is 3.86. The first-order valence-corrected chi connectivity index (χ1v) is 8.23. The number of hydrogen-bond acceptors (Lipinski definition) is 4. The van der Waals surface area contributed by atoms with Crippen LogP contribution < -0.4 is 15.7 Å². The zero-order valence-electron chi connectivity index (χ0n) is 14.4. The van der Waals surface area contributed by atoms with Gasteiger partial charge < -0.3 is 20.5 Å². The lowest BCUT2D eigenvalue weighted by Gasteiger charge is -2.12. The number of aromatic carboxylic acids is 1. The van der Waals surface area contributed by atoms with Crippen molar-refractivity contribution in [3.8, 4) is 0 Å². The van der Waals surface area contributed by atoms with E-state index in [1.807, 2.05) is 0 Å². The molecule has 0 aliphatic rings. The van der Waals surface area contributed by atoms with E-state index >= 15 is 0 Å². The molecule has 2 amide bonds. The normalized spacial score (nSPS) is 10.2. The van der Waals surface area contributed by atoms with Gasteiger partial charge in [-0.05, 0) is 48.0 Å². The summed E-state index contributed by atoms with van der Waals surface area (Å²) in [6.45, 7) is 0. The van der Waals surface area contributed by atoms with Crippen LogP contribution in [0.3, 0.4) is 0 Å². The van der Waals surface area contributed by atoms with Crippen molar-refractivity contribution >= 4 is 29.2 Å². The molecular formula is C21H14FN2O4-. The summed E-state index contributed by atoms with van der Waals surface area (Å²) in [4.78, 5) is 35.9. The Balaban J connectivity index is 1.81. The Labute approximate surface area is 159 Å². The molecule has 3 aromatic carbocycles. The second kappa shape index (κ2) is 8.13. The smallest absolute Gasteiger partial charge is 0.257 e. The van der Waals surface area contributed by atoms with Crippen LogP contribution in [0, 0.1) is 5.82 Å². The van der Waals surface area contributed by atoms with Crippen LogP contribution in [0.2, 0.25) is 0 Å². The van der Waals surface area contributed by atoms with Crippen molar-refractivity contribution in [1.82, 2.24) is 0 Å². The fourth-order valence-electron chi connectivity index (χ4n) is 2.54. The maximum Gasteiger partial charge on any atom is 0.257 e. The van der Waals surface area contributed by atoms with E-state index < -0.39 is 23.6 Å². The Kier molecular flexibility index (Phi) is 5.45. The number of amides is 2. The van der Waals surface area contributed by atoms with Gasteiger partial charge in [-0.25, -0.2) is 4.39 Å². The number of rotatable bonds is 5. The predicted octanol–water partition coefficient (Wildman–Crippen LogP) is 2.69. The summed E-state index contributed by atoms with van der Waals surface area (Å²) in [5.74, 6) is -3.03. The first kappa shape index (κ1) is 18.8. The number of carboxylic acid groups (broad SMARTS) is 1. The summed E-state index contributed by atoms with van der Waals surface area (Å²) in [5.41, 5.74) is 0.678. The van der Waals surface area contributed by atoms with Gasteiger partial charge in [0, 0.05) is 11.3 Å². The summed E-state index contributed by atoms with van der Waals surface area (Å²) >= 11 is 0. The van der Waals surface area contributed by atoms with E-state index in [0.29, 0.717) is 0 Å². The molecule has 3 aromatic rings. The van der Waals surface area contributed by atoms with E-state index in [2.05, 4.69) is 10.6 Å². The summed E-state index contributed by atoms with van der Waals surface area (Å²) in [5, 5.41) is 16.1. The van der Waals surface area contributed by atoms with Gasteiger partial charge in [0.05, 0.1) is 17.2 Å². The molecule has 2 N–H and O–H groups in total. The molecule has 0 aliphatic heterocycles. The lowest BCUT2D eigenvalue weighted by molar-refractivity contribution is -0.255. The molecule has 6 nitrogen and oxygen atoms in total. The predicted molar refractivity (Wildman–Crippen MR) is 99.5 cm³/mol. The van der Waals surface area contributed by atoms with Crippen LogP contribution in [0.25, 0.3) is 0 Å². The van der Waals surface area contributed by atoms with Gasteiger partial charge in [0.25, 0.3) is 11.8 Å². The number of carbonyl (C=O) groups excluding carboxylic acids is 3. The Morgan fingerprint density at radius 2 is 1.46 bits per heavy atom. The molecule has 0 fully saturated rings. The lowest BCUT2D eigenvalue weighted by atomic mass is 10.1. The Morgan fingerprint density at radius 1 is 0.750 bits per heavy atom. The standard InChI is InChI=1S/C21H15FN2O4/c22-15-7-3-5-13(11-15)19(25)24-18-10-2-1-9-17(18)20(26)23-16-8-4-6-14(12-16)21(27)28/h1-12H,(H,23,26)(H,24,25)(H,27,28)/p-1. The molecule has 0 aliphatic carbocycles. The van der Waals surface area contributed by atoms with Crippen LogP contribution >= 0.6 is 0 Å². The SMILES string of the molecule is O=C([O-])c1cccc(NC(=O)c2ccccc2NC(=O)c2cccc(F)c2)c1. The maximum absolute atomic E-state index is 13.3. The summed E-state index contributed by atoms with van der Waals surface area (Å²) in [6, 6.07) is 17.1. The van der Waals surface area contributed by atoms with Gasteiger partial charge in [0.2, 0.25) is 0 Å². The number of anilines is 2. The number of carbonyl (C=O) groups is 3. The average Bonchev–Trinajstić information content (AvgIpc) is 2.68. The zero-order chi connectivity index (χ0) is 20.1. The van der Waals surface area contributed by atoms with E-state index in [1.54, 1.807) is 12.1 Å². The molecule has 0 aromatic heterocycles. The molecular weight excluding hydrogens is 363 g/mol. The summed E-state index contributed by atoms with van der Waals surface area (Å²) in [7, 11) is 0. The second-order valence-corrected chi connectivity index (χ2v) is 5.83. The van der Waals surface area contributed by atoms with E-state index in [4.69, 9.17) is 0 Å². The van der Waals surface area contributed by atoms with Gasteiger partial charge in [-0.2, -0.15) is 0 Å². The van der Waals surface area contributed by atoms with Crippen molar-refractivity contribution in [2.75, 3.05) is 10.6 Å². The quantitative estimate of drug-likeness (QED) is 0.714. The number of benzene rings is 3. The van der Waals surface area contributed by atoms with Crippen molar-refractivity contribution in [3.05, 3.63) is 95.3 Å². The van der Waals surface area contributed by atoms with Crippen molar-refractivity contribution in [3.63, 3.8) is 0 Å². The minimum atomic E-state index is -1.36. The van der Waals surface area contributed by atoms with Crippen molar-refractivity contribution in [2.24, 2.45) is 0 Å². The highest BCUT2D eigenvalue weighted by molar-refractivity contribution is 6.12. The third-order valence-electron chi connectivity index (χ3n) is 3.86. The number of halogens is 1. The van der Waals surface area contributed by atoms with Crippen LogP contribution in [0.4, 0.5) is 15.8 Å². The number of carboxylic acids is 1. The molecule has 0 heterocycles. The topological polar surface area (TPSA) is 98.3 Å². The summed E-state index contributed by atoms with van der Waals surface area (Å²) < 4.78 is 13.3. The highest BCUT2D eigenvalue weighted by Crippen LogP contribution is 2.19. The lowest BCUT2D eigenvalue weighted by Crippen LogP contribution is -2.22. The molecule has 0 bridgehead atoms. The molecule has 0 radical (unpaired) electrons. The molecule has 140 valence electrons. The Hall–Kier alpha value is -4.00. The Bertz CT molecular complexity index is 1070. The largest absolute Gasteiger partial charge is 0.545 e.